The lowest BCUT2D eigenvalue weighted by Gasteiger charge is -2.24. The lowest BCUT2D eigenvalue weighted by atomic mass is 10.1. The van der Waals surface area contributed by atoms with Gasteiger partial charge in [0, 0.05) is 12.8 Å². The lowest BCUT2D eigenvalue weighted by molar-refractivity contribution is -0.870. The molecule has 9 nitrogen and oxygen atoms in total. The second-order valence-electron chi connectivity index (χ2n) is 20.3. The van der Waals surface area contributed by atoms with Gasteiger partial charge >= 0.3 is 19.8 Å². The van der Waals surface area contributed by atoms with Crippen molar-refractivity contribution in [1.29, 1.82) is 0 Å². The summed E-state index contributed by atoms with van der Waals surface area (Å²) in [6.07, 6.45) is 76.8. The number of phosphoric acid groups is 1. The molecule has 0 spiro atoms. The smallest absolute Gasteiger partial charge is 0.462 e. The molecule has 0 rings (SSSR count). The van der Waals surface area contributed by atoms with Crippen LogP contribution in [-0.2, 0) is 32.7 Å². The molecule has 0 aliphatic carbocycles. The van der Waals surface area contributed by atoms with Gasteiger partial charge in [0.15, 0.2) is 6.10 Å². The first-order valence-corrected chi connectivity index (χ1v) is 30.8. The van der Waals surface area contributed by atoms with Gasteiger partial charge < -0.3 is 18.9 Å². The number of quaternary nitrogens is 1. The molecule has 0 saturated heterocycles. The highest BCUT2D eigenvalue weighted by atomic mass is 31.2. The first kappa shape index (κ1) is 70.4. The normalized spacial score (nSPS) is 14.2. The van der Waals surface area contributed by atoms with Crippen molar-refractivity contribution in [3.05, 3.63) is 122 Å². The molecule has 0 aliphatic rings. The summed E-state index contributed by atoms with van der Waals surface area (Å²) in [4.78, 5) is 35.7. The van der Waals surface area contributed by atoms with E-state index in [1.807, 2.05) is 21.1 Å². The number of hydrogen-bond acceptors (Lipinski definition) is 7. The van der Waals surface area contributed by atoms with Crippen molar-refractivity contribution >= 4 is 19.8 Å². The van der Waals surface area contributed by atoms with Crippen LogP contribution in [0.4, 0.5) is 0 Å². The van der Waals surface area contributed by atoms with E-state index in [0.29, 0.717) is 17.4 Å². The minimum atomic E-state index is -4.40. The van der Waals surface area contributed by atoms with Crippen molar-refractivity contribution in [2.24, 2.45) is 0 Å². The molecule has 2 unspecified atom stereocenters. The van der Waals surface area contributed by atoms with Gasteiger partial charge in [-0.15, -0.1) is 0 Å². The summed E-state index contributed by atoms with van der Waals surface area (Å²) >= 11 is 0. The highest BCUT2D eigenvalue weighted by Crippen LogP contribution is 2.43. The Hall–Kier alpha value is -3.59. The minimum Gasteiger partial charge on any atom is -0.462 e. The molecule has 1 N–H and O–H groups in total. The van der Waals surface area contributed by atoms with E-state index >= 15 is 0 Å². The van der Waals surface area contributed by atoms with E-state index in [4.69, 9.17) is 18.5 Å². The average Bonchev–Trinajstić information content (AvgIpc) is 3.36. The molecular weight excluding hydrogens is 942 g/mol. The van der Waals surface area contributed by atoms with Crippen LogP contribution in [0.3, 0.4) is 0 Å². The molecule has 0 aromatic rings. The Morgan fingerprint density at radius 2 is 0.770 bits per heavy atom. The van der Waals surface area contributed by atoms with Crippen molar-refractivity contribution in [3.8, 4) is 0 Å². The maximum absolute atomic E-state index is 12.8. The molecule has 0 fully saturated rings. The van der Waals surface area contributed by atoms with Crippen LogP contribution in [0.15, 0.2) is 122 Å². The number of esters is 2. The standard InChI is InChI=1S/C64H108NO8P/c1-6-8-10-12-14-16-18-20-22-24-26-28-30-31-32-33-35-37-39-41-43-45-47-49-51-53-55-57-64(67)73-62(61-72-74(68,69)71-59-58-65(3,4)5)60-70-63(66)56-54-52-50-48-46-44-42-40-38-36-34-29-27-25-23-21-19-17-15-13-11-9-7-2/h8,10,14,16,19-22,25-28,31-32,34-37,41,43,62H,6-7,9,11-13,15,17-18,23-24,29-30,33,38-40,42,44-61H2,1-5H3/p+1/b10-8-,16-14-,21-19-,22-20-,27-25-,28-26-,32-31-,36-34-,37-35-,43-41-. The van der Waals surface area contributed by atoms with Crippen LogP contribution in [0.2, 0.25) is 0 Å². The van der Waals surface area contributed by atoms with E-state index in [1.165, 1.54) is 64.2 Å². The Bertz CT molecular complexity index is 1660. The fraction of sp³-hybridized carbons (Fsp3) is 0.656. The maximum atomic E-state index is 12.8. The number of nitrogens with zero attached hydrogens (tertiary/aromatic N) is 1. The quantitative estimate of drug-likeness (QED) is 0.0211. The van der Waals surface area contributed by atoms with Gasteiger partial charge in [0.1, 0.15) is 19.8 Å². The number of ether oxygens (including phenoxy) is 2. The molecule has 0 aromatic carbocycles. The third-order valence-electron chi connectivity index (χ3n) is 12.0. The Morgan fingerprint density at radius 3 is 1.15 bits per heavy atom. The SMILES string of the molecule is CC/C=C\C/C=C\C/C=C\C/C=C\C/C=C\C/C=C\C/C=C\CCCCCCCC(=O)OC(COC(=O)CCCCCCCCCC/C=C\C/C=C\C/C=C\CCCCCCC)COP(=O)(O)OCC[N+](C)(C)C. The summed E-state index contributed by atoms with van der Waals surface area (Å²) in [6.45, 7) is 4.26. The van der Waals surface area contributed by atoms with Gasteiger partial charge in [0.2, 0.25) is 0 Å². The first-order chi connectivity index (χ1) is 36.0. The number of hydrogen-bond donors (Lipinski definition) is 1. The van der Waals surface area contributed by atoms with Crippen LogP contribution in [0.1, 0.15) is 219 Å². The molecule has 0 radical (unpaired) electrons. The predicted molar refractivity (Wildman–Crippen MR) is 316 cm³/mol. The Balaban J connectivity index is 4.28. The van der Waals surface area contributed by atoms with Crippen molar-refractivity contribution in [2.75, 3.05) is 47.5 Å². The Morgan fingerprint density at radius 1 is 0.432 bits per heavy atom. The molecule has 0 heterocycles. The van der Waals surface area contributed by atoms with Gasteiger partial charge in [-0.3, -0.25) is 18.6 Å². The number of phosphoric ester groups is 1. The van der Waals surface area contributed by atoms with Crippen LogP contribution < -0.4 is 0 Å². The van der Waals surface area contributed by atoms with E-state index in [9.17, 15) is 19.0 Å². The predicted octanol–water partition coefficient (Wildman–Crippen LogP) is 18.4. The van der Waals surface area contributed by atoms with E-state index < -0.39 is 26.5 Å². The summed E-state index contributed by atoms with van der Waals surface area (Å²) in [5, 5.41) is 0. The molecule has 10 heteroatoms. The number of allylic oxidation sites excluding steroid dienone is 20. The largest absolute Gasteiger partial charge is 0.472 e. The summed E-state index contributed by atoms with van der Waals surface area (Å²) in [6, 6.07) is 0. The molecule has 0 saturated carbocycles. The van der Waals surface area contributed by atoms with Crippen LogP contribution in [0, 0.1) is 0 Å². The van der Waals surface area contributed by atoms with Gasteiger partial charge in [-0.1, -0.05) is 219 Å². The van der Waals surface area contributed by atoms with E-state index in [-0.39, 0.29) is 32.0 Å². The topological polar surface area (TPSA) is 108 Å². The summed E-state index contributed by atoms with van der Waals surface area (Å²) in [5.41, 5.74) is 0. The van der Waals surface area contributed by atoms with Gasteiger partial charge in [-0.2, -0.15) is 0 Å². The van der Waals surface area contributed by atoms with Crippen LogP contribution in [0.25, 0.3) is 0 Å². The molecule has 0 bridgehead atoms. The third kappa shape index (κ3) is 57.7. The van der Waals surface area contributed by atoms with E-state index in [1.54, 1.807) is 0 Å². The highest BCUT2D eigenvalue weighted by molar-refractivity contribution is 7.47. The van der Waals surface area contributed by atoms with Gasteiger partial charge in [0.05, 0.1) is 27.7 Å². The van der Waals surface area contributed by atoms with Crippen molar-refractivity contribution in [1.82, 2.24) is 0 Å². The summed E-state index contributed by atoms with van der Waals surface area (Å²) in [7, 11) is 1.44. The average molecular weight is 1050 g/mol. The fourth-order valence-corrected chi connectivity index (χ4v) is 8.21. The second kappa shape index (κ2) is 54.2. The lowest BCUT2D eigenvalue weighted by Crippen LogP contribution is -2.37. The Kier molecular flexibility index (Phi) is 51.6. The second-order valence-corrected chi connectivity index (χ2v) is 21.7. The van der Waals surface area contributed by atoms with E-state index in [2.05, 4.69) is 135 Å². The van der Waals surface area contributed by atoms with Gasteiger partial charge in [-0.25, -0.2) is 4.57 Å². The monoisotopic (exact) mass is 1050 g/mol. The molecule has 74 heavy (non-hydrogen) atoms. The number of likely N-dealkylation sites (N-methyl/N-ethyl adjacent to an activating group) is 1. The zero-order chi connectivity index (χ0) is 54.2. The zero-order valence-corrected chi connectivity index (χ0v) is 48.7. The molecule has 0 amide bonds. The number of carbonyl (C=O) groups is 2. The van der Waals surface area contributed by atoms with Crippen LogP contribution in [-0.4, -0.2) is 74.9 Å². The van der Waals surface area contributed by atoms with Gasteiger partial charge in [-0.05, 0) is 109 Å². The molecule has 0 aliphatic heterocycles. The van der Waals surface area contributed by atoms with Crippen LogP contribution in [0.5, 0.6) is 0 Å². The number of rotatable bonds is 52. The van der Waals surface area contributed by atoms with Crippen molar-refractivity contribution < 1.29 is 42.1 Å². The fourth-order valence-electron chi connectivity index (χ4n) is 7.47. The molecule has 0 aromatic heterocycles. The summed E-state index contributed by atoms with van der Waals surface area (Å²) in [5.74, 6) is -0.836. The van der Waals surface area contributed by atoms with E-state index in [0.717, 1.165) is 122 Å². The maximum Gasteiger partial charge on any atom is 0.472 e. The van der Waals surface area contributed by atoms with Crippen LogP contribution >= 0.6 is 7.82 Å². The zero-order valence-electron chi connectivity index (χ0n) is 47.8. The molecule has 2 atom stereocenters. The summed E-state index contributed by atoms with van der Waals surface area (Å²) < 4.78 is 34.5. The first-order valence-electron chi connectivity index (χ1n) is 29.3. The third-order valence-corrected chi connectivity index (χ3v) is 13.0. The highest BCUT2D eigenvalue weighted by Gasteiger charge is 2.27. The molecule has 422 valence electrons. The minimum absolute atomic E-state index is 0.0191. The van der Waals surface area contributed by atoms with Gasteiger partial charge in [0.25, 0.3) is 0 Å². The molecular formula is C64H109NO8P+. The number of unbranched alkanes of at least 4 members (excludes halogenated alkanes) is 18. The number of carbonyl (C=O) groups excluding carboxylic acids is 2. The van der Waals surface area contributed by atoms with Crippen molar-refractivity contribution in [3.63, 3.8) is 0 Å². The Labute approximate surface area is 454 Å². The van der Waals surface area contributed by atoms with Crippen molar-refractivity contribution in [2.45, 2.75) is 225 Å².